The summed E-state index contributed by atoms with van der Waals surface area (Å²) in [5, 5.41) is 2.81. The summed E-state index contributed by atoms with van der Waals surface area (Å²) in [5.41, 5.74) is 5.34. The molecule has 0 saturated heterocycles. The van der Waals surface area contributed by atoms with Crippen LogP contribution in [0.25, 0.3) is 0 Å². The summed E-state index contributed by atoms with van der Waals surface area (Å²) in [4.78, 5) is 11.2. The van der Waals surface area contributed by atoms with Crippen LogP contribution in [0, 0.1) is 0 Å². The summed E-state index contributed by atoms with van der Waals surface area (Å²) in [5.74, 6) is 0.0652. The summed E-state index contributed by atoms with van der Waals surface area (Å²) in [6.07, 6.45) is 1.91. The fraction of sp³-hybridized carbons (Fsp3) is 0.857. The molecule has 3 nitrogen and oxygen atoms in total. The van der Waals surface area contributed by atoms with Crippen molar-refractivity contribution in [3.63, 3.8) is 0 Å². The molecule has 1 unspecified atom stereocenters. The molecule has 0 bridgehead atoms. The quantitative estimate of drug-likeness (QED) is 0.719. The van der Waals surface area contributed by atoms with Gasteiger partial charge < -0.3 is 11.1 Å². The van der Waals surface area contributed by atoms with Crippen LogP contribution in [0.15, 0.2) is 0 Å². The van der Waals surface area contributed by atoms with Gasteiger partial charge in [0.05, 0.1) is 5.25 Å². The topological polar surface area (TPSA) is 55.1 Å². The molecule has 0 aliphatic rings. The van der Waals surface area contributed by atoms with Crippen LogP contribution in [0.4, 0.5) is 0 Å². The third kappa shape index (κ3) is 5.69. The van der Waals surface area contributed by atoms with E-state index in [1.54, 1.807) is 0 Å². The summed E-state index contributed by atoms with van der Waals surface area (Å²) in [6.45, 7) is 4.26. The lowest BCUT2D eigenvalue weighted by atomic mass is 10.3. The SMILES string of the molecule is CSC(C)C(=O)N[C@H](C)CN.Cl. The number of carbonyl (C=O) groups excluding carboxylic acids is 1. The second-order valence-electron chi connectivity index (χ2n) is 2.52. The smallest absolute Gasteiger partial charge is 0.233 e. The molecule has 0 fully saturated rings. The van der Waals surface area contributed by atoms with Gasteiger partial charge in [0.2, 0.25) is 5.91 Å². The predicted octanol–water partition coefficient (Wildman–Crippen LogP) is 0.623. The number of nitrogens with two attached hydrogens (primary N) is 1. The van der Waals surface area contributed by atoms with Crippen molar-refractivity contribution in [3.8, 4) is 0 Å². The highest BCUT2D eigenvalue weighted by atomic mass is 35.5. The van der Waals surface area contributed by atoms with E-state index in [-0.39, 0.29) is 29.6 Å². The third-order valence-electron chi connectivity index (χ3n) is 1.46. The number of carbonyl (C=O) groups is 1. The van der Waals surface area contributed by atoms with E-state index in [1.807, 2.05) is 20.1 Å². The monoisotopic (exact) mass is 212 g/mol. The van der Waals surface area contributed by atoms with Gasteiger partial charge >= 0.3 is 0 Å². The maximum absolute atomic E-state index is 11.2. The number of hydrogen-bond acceptors (Lipinski definition) is 3. The average Bonchev–Trinajstić information content (AvgIpc) is 2.02. The first kappa shape index (κ1) is 14.6. The Balaban J connectivity index is 0. The van der Waals surface area contributed by atoms with Gasteiger partial charge in [-0.05, 0) is 20.1 Å². The first-order valence-corrected chi connectivity index (χ1v) is 4.93. The molecular weight excluding hydrogens is 196 g/mol. The number of rotatable bonds is 4. The van der Waals surface area contributed by atoms with E-state index in [2.05, 4.69) is 5.32 Å². The average molecular weight is 213 g/mol. The number of halogens is 1. The number of nitrogens with one attached hydrogen (secondary N) is 1. The highest BCUT2D eigenvalue weighted by Gasteiger charge is 2.12. The zero-order valence-corrected chi connectivity index (χ0v) is 9.30. The number of hydrogen-bond donors (Lipinski definition) is 2. The molecule has 0 radical (unpaired) electrons. The van der Waals surface area contributed by atoms with Crippen LogP contribution in [0.1, 0.15) is 13.8 Å². The standard InChI is InChI=1S/C7H16N2OS.ClH/c1-5(4-8)9-7(10)6(2)11-3;/h5-6H,4,8H2,1-3H3,(H,9,10);1H/t5-,6?;/m1./s1. The largest absolute Gasteiger partial charge is 0.351 e. The van der Waals surface area contributed by atoms with Gasteiger partial charge in [-0.15, -0.1) is 12.4 Å². The van der Waals surface area contributed by atoms with Crippen LogP contribution in [-0.4, -0.2) is 30.0 Å². The van der Waals surface area contributed by atoms with Gasteiger partial charge in [-0.2, -0.15) is 11.8 Å². The Morgan fingerprint density at radius 1 is 1.58 bits per heavy atom. The second-order valence-corrected chi connectivity index (χ2v) is 3.70. The second kappa shape index (κ2) is 7.71. The van der Waals surface area contributed by atoms with Crippen LogP contribution in [0.2, 0.25) is 0 Å². The minimum absolute atomic E-state index is 0. The predicted molar refractivity (Wildman–Crippen MR) is 56.9 cm³/mol. The highest BCUT2D eigenvalue weighted by molar-refractivity contribution is 7.99. The Labute approximate surface area is 84.3 Å². The van der Waals surface area contributed by atoms with Gasteiger partial charge in [-0.1, -0.05) is 0 Å². The summed E-state index contributed by atoms with van der Waals surface area (Å²) in [7, 11) is 0. The Morgan fingerprint density at radius 3 is 2.42 bits per heavy atom. The van der Waals surface area contributed by atoms with Crippen molar-refractivity contribution in [1.82, 2.24) is 5.32 Å². The molecule has 0 aromatic heterocycles. The molecule has 0 heterocycles. The van der Waals surface area contributed by atoms with Gasteiger partial charge in [-0.3, -0.25) is 4.79 Å². The van der Waals surface area contributed by atoms with Gasteiger partial charge in [0, 0.05) is 12.6 Å². The molecule has 0 aliphatic heterocycles. The van der Waals surface area contributed by atoms with E-state index in [0.29, 0.717) is 6.54 Å². The molecule has 0 saturated carbocycles. The molecule has 5 heteroatoms. The molecule has 74 valence electrons. The molecule has 0 rings (SSSR count). The number of amides is 1. The van der Waals surface area contributed by atoms with Crippen molar-refractivity contribution in [2.24, 2.45) is 5.73 Å². The van der Waals surface area contributed by atoms with Crippen molar-refractivity contribution < 1.29 is 4.79 Å². The molecule has 0 aromatic carbocycles. The maximum atomic E-state index is 11.2. The lowest BCUT2D eigenvalue weighted by Gasteiger charge is -2.14. The number of thioether (sulfide) groups is 1. The molecule has 1 amide bonds. The van der Waals surface area contributed by atoms with Crippen LogP contribution >= 0.6 is 24.2 Å². The molecule has 12 heavy (non-hydrogen) atoms. The van der Waals surface area contributed by atoms with E-state index < -0.39 is 0 Å². The first-order valence-electron chi connectivity index (χ1n) is 3.65. The zero-order chi connectivity index (χ0) is 8.85. The minimum Gasteiger partial charge on any atom is -0.351 e. The summed E-state index contributed by atoms with van der Waals surface area (Å²) >= 11 is 1.53. The molecular formula is C7H17ClN2OS. The molecule has 2 atom stereocenters. The van der Waals surface area contributed by atoms with E-state index in [1.165, 1.54) is 11.8 Å². The van der Waals surface area contributed by atoms with Gasteiger partial charge in [0.25, 0.3) is 0 Å². The van der Waals surface area contributed by atoms with Crippen LogP contribution in [0.3, 0.4) is 0 Å². The van der Waals surface area contributed by atoms with Crippen LogP contribution < -0.4 is 11.1 Å². The van der Waals surface area contributed by atoms with Gasteiger partial charge in [0.1, 0.15) is 0 Å². The van der Waals surface area contributed by atoms with Crippen molar-refractivity contribution in [2.75, 3.05) is 12.8 Å². The Morgan fingerprint density at radius 2 is 2.08 bits per heavy atom. The van der Waals surface area contributed by atoms with E-state index in [4.69, 9.17) is 5.73 Å². The Hall–Kier alpha value is 0.0700. The molecule has 0 aliphatic carbocycles. The van der Waals surface area contributed by atoms with E-state index in [0.717, 1.165) is 0 Å². The minimum atomic E-state index is 0. The van der Waals surface area contributed by atoms with Crippen LogP contribution in [0.5, 0.6) is 0 Å². The van der Waals surface area contributed by atoms with Crippen molar-refractivity contribution in [3.05, 3.63) is 0 Å². The molecule has 0 aromatic rings. The lowest BCUT2D eigenvalue weighted by molar-refractivity contribution is -0.120. The normalized spacial score (nSPS) is 14.3. The van der Waals surface area contributed by atoms with Crippen molar-refractivity contribution >= 4 is 30.1 Å². The van der Waals surface area contributed by atoms with Gasteiger partial charge in [0.15, 0.2) is 0 Å². The van der Waals surface area contributed by atoms with Crippen molar-refractivity contribution in [2.45, 2.75) is 25.1 Å². The molecule has 0 spiro atoms. The third-order valence-corrected chi connectivity index (χ3v) is 2.39. The lowest BCUT2D eigenvalue weighted by Crippen LogP contribution is -2.41. The first-order chi connectivity index (χ1) is 5.11. The summed E-state index contributed by atoms with van der Waals surface area (Å²) in [6, 6.07) is 0.0806. The van der Waals surface area contributed by atoms with Crippen molar-refractivity contribution in [1.29, 1.82) is 0 Å². The highest BCUT2D eigenvalue weighted by Crippen LogP contribution is 2.04. The Kier molecular flexibility index (Phi) is 9.37. The van der Waals surface area contributed by atoms with Gasteiger partial charge in [-0.25, -0.2) is 0 Å². The zero-order valence-electron chi connectivity index (χ0n) is 7.66. The fourth-order valence-corrected chi connectivity index (χ4v) is 0.808. The molecule has 3 N–H and O–H groups in total. The fourth-order valence-electron chi connectivity index (χ4n) is 0.526. The van der Waals surface area contributed by atoms with E-state index >= 15 is 0 Å². The maximum Gasteiger partial charge on any atom is 0.233 e. The van der Waals surface area contributed by atoms with E-state index in [9.17, 15) is 4.79 Å². The Bertz CT molecular complexity index is 135. The summed E-state index contributed by atoms with van der Waals surface area (Å²) < 4.78 is 0. The van der Waals surface area contributed by atoms with Crippen LogP contribution in [-0.2, 0) is 4.79 Å².